The summed E-state index contributed by atoms with van der Waals surface area (Å²) in [5.74, 6) is -0.303. The van der Waals surface area contributed by atoms with Crippen molar-refractivity contribution >= 4 is 18.9 Å². The molecule has 0 aliphatic carbocycles. The summed E-state index contributed by atoms with van der Waals surface area (Å²) in [6.07, 6.45) is 2.35. The molecule has 0 saturated heterocycles. The van der Waals surface area contributed by atoms with Gasteiger partial charge in [0.1, 0.15) is 6.07 Å². The highest BCUT2D eigenvalue weighted by Gasteiger charge is 2.29. The van der Waals surface area contributed by atoms with Gasteiger partial charge in [-0.3, -0.25) is 0 Å². The fraction of sp³-hybridized carbons (Fsp3) is 0.178. The molecule has 1 aromatic heterocycles. The van der Waals surface area contributed by atoms with E-state index in [0.717, 1.165) is 59.7 Å². The van der Waals surface area contributed by atoms with Crippen molar-refractivity contribution in [2.45, 2.75) is 32.2 Å². The zero-order valence-corrected chi connectivity index (χ0v) is 30.4. The van der Waals surface area contributed by atoms with E-state index in [1.807, 2.05) is 18.2 Å². The number of rotatable bonds is 11. The number of fused-ring (bicyclic) bond motifs is 1. The average Bonchev–Trinajstić information content (AvgIpc) is 3.62. The highest BCUT2D eigenvalue weighted by molar-refractivity contribution is 6.50. The summed E-state index contributed by atoms with van der Waals surface area (Å²) in [5.41, 5.74) is 11.6. The zero-order chi connectivity index (χ0) is 38.8. The number of pyridine rings is 1. The largest absolute Gasteiger partial charge is 0.673 e. The van der Waals surface area contributed by atoms with E-state index in [2.05, 4.69) is 138 Å². The van der Waals surface area contributed by atoms with Gasteiger partial charge >= 0.3 is 13.2 Å². The third kappa shape index (κ3) is 10.1. The van der Waals surface area contributed by atoms with Crippen molar-refractivity contribution in [2.24, 2.45) is 0 Å². The lowest BCUT2D eigenvalue weighted by molar-refractivity contribution is -0.698. The molecule has 1 atom stereocenters. The molecule has 0 bridgehead atoms. The van der Waals surface area contributed by atoms with Crippen LogP contribution in [0.4, 0.5) is 23.0 Å². The molecule has 1 aliphatic rings. The number of aromatic nitrogens is 1. The second-order valence-corrected chi connectivity index (χ2v) is 13.4. The van der Waals surface area contributed by atoms with Crippen LogP contribution in [0.5, 0.6) is 0 Å². The minimum Gasteiger partial charge on any atom is -0.462 e. The minimum atomic E-state index is -6.00. The van der Waals surface area contributed by atoms with Crippen LogP contribution in [0.2, 0.25) is 0 Å². The standard InChI is InChI=1S/C45H40N3O2.BF4/c1-33(27-34-28-39-23-25-47(44(39)41(29-34)32-46)24-14-26-50-45(49)38-21-12-5-13-22-38)48-42(36-17-8-3-9-18-36)30-40(35-15-6-2-7-16-35)31-43(48)37-19-10-4-11-20-37;2-1(3,4)5/h2-13,15-22,28-31,33H,14,23-27H2,1H3;/q+1;-1/t33-;/m0./s1. The molecule has 6 aromatic rings. The fourth-order valence-corrected chi connectivity index (χ4v) is 7.17. The van der Waals surface area contributed by atoms with E-state index in [1.165, 1.54) is 16.7 Å². The molecule has 10 heteroatoms. The third-order valence-electron chi connectivity index (χ3n) is 9.47. The first-order valence-electron chi connectivity index (χ1n) is 18.2. The van der Waals surface area contributed by atoms with Crippen LogP contribution in [-0.2, 0) is 17.6 Å². The molecular weight excluding hydrogens is 701 g/mol. The number of anilines is 1. The molecule has 5 aromatic carbocycles. The smallest absolute Gasteiger partial charge is 0.462 e. The highest BCUT2D eigenvalue weighted by atomic mass is 19.5. The number of hydrogen-bond acceptors (Lipinski definition) is 4. The van der Waals surface area contributed by atoms with Crippen LogP contribution >= 0.6 is 0 Å². The Kier molecular flexibility index (Phi) is 12.4. The third-order valence-corrected chi connectivity index (χ3v) is 9.47. The highest BCUT2D eigenvalue weighted by Crippen LogP contribution is 2.35. The molecule has 278 valence electrons. The number of carbonyl (C=O) groups excluding carboxylic acids is 1. The molecule has 0 fully saturated rings. The van der Waals surface area contributed by atoms with E-state index in [4.69, 9.17) is 4.74 Å². The minimum absolute atomic E-state index is 0.0895. The zero-order valence-electron chi connectivity index (χ0n) is 30.4. The number of nitrogens with zero attached hydrogens (tertiary/aromatic N) is 3. The number of ether oxygens (including phenoxy) is 1. The maximum absolute atomic E-state index is 12.4. The van der Waals surface area contributed by atoms with Crippen LogP contribution in [0, 0.1) is 11.3 Å². The molecule has 7 rings (SSSR count). The summed E-state index contributed by atoms with van der Waals surface area (Å²) in [6.45, 7) is 4.19. The maximum Gasteiger partial charge on any atom is 0.673 e. The number of hydrogen-bond donors (Lipinski definition) is 0. The molecule has 0 unspecified atom stereocenters. The summed E-state index contributed by atoms with van der Waals surface area (Å²) in [6, 6.07) is 52.5. The number of nitriles is 1. The second kappa shape index (κ2) is 17.7. The van der Waals surface area contributed by atoms with Crippen LogP contribution in [0.25, 0.3) is 33.6 Å². The van der Waals surface area contributed by atoms with Gasteiger partial charge in [-0.15, -0.1) is 0 Å². The van der Waals surface area contributed by atoms with Crippen LogP contribution in [0.3, 0.4) is 0 Å². The Bertz CT molecular complexity index is 2180. The second-order valence-electron chi connectivity index (χ2n) is 13.4. The van der Waals surface area contributed by atoms with E-state index in [1.54, 1.807) is 12.1 Å². The summed E-state index contributed by atoms with van der Waals surface area (Å²) in [4.78, 5) is 14.6. The lowest BCUT2D eigenvalue weighted by Crippen LogP contribution is -2.43. The van der Waals surface area contributed by atoms with Gasteiger partial charge in [0.25, 0.3) is 0 Å². The summed E-state index contributed by atoms with van der Waals surface area (Å²) in [5, 5.41) is 10.3. The Morgan fingerprint density at radius 1 is 0.764 bits per heavy atom. The van der Waals surface area contributed by atoms with Crippen molar-refractivity contribution in [1.29, 1.82) is 5.26 Å². The van der Waals surface area contributed by atoms with Gasteiger partial charge in [-0.05, 0) is 84.5 Å². The number of carbonyl (C=O) groups is 1. The lowest BCUT2D eigenvalue weighted by atomic mass is 9.95. The normalized spacial score (nSPS) is 12.5. The molecule has 0 spiro atoms. The first-order valence-corrected chi connectivity index (χ1v) is 18.2. The van der Waals surface area contributed by atoms with Crippen LogP contribution in [-0.4, -0.2) is 32.9 Å². The van der Waals surface area contributed by atoms with Crippen LogP contribution in [0.15, 0.2) is 146 Å². The molecule has 55 heavy (non-hydrogen) atoms. The summed E-state index contributed by atoms with van der Waals surface area (Å²) >= 11 is 0. The predicted octanol–water partition coefficient (Wildman–Crippen LogP) is 10.6. The van der Waals surface area contributed by atoms with Gasteiger partial charge in [0.15, 0.2) is 6.04 Å². The first-order chi connectivity index (χ1) is 26.6. The molecule has 1 aliphatic heterocycles. The number of halogens is 4. The Balaban J connectivity index is 0.000000967. The molecule has 0 saturated carbocycles. The van der Waals surface area contributed by atoms with Crippen molar-refractivity contribution in [1.82, 2.24) is 0 Å². The van der Waals surface area contributed by atoms with Gasteiger partial charge in [-0.2, -0.15) is 9.83 Å². The average molecular weight is 742 g/mol. The van der Waals surface area contributed by atoms with Crippen LogP contribution in [0.1, 0.15) is 46.4 Å². The summed E-state index contributed by atoms with van der Waals surface area (Å²) in [7, 11) is -6.00. The van der Waals surface area contributed by atoms with Crippen LogP contribution < -0.4 is 9.47 Å². The van der Waals surface area contributed by atoms with E-state index in [0.29, 0.717) is 24.2 Å². The molecule has 0 radical (unpaired) electrons. The van der Waals surface area contributed by atoms with E-state index >= 15 is 0 Å². The molecular formula is C45H40BF4N3O2. The van der Waals surface area contributed by atoms with Gasteiger partial charge in [-0.25, -0.2) is 4.79 Å². The predicted molar refractivity (Wildman–Crippen MR) is 210 cm³/mol. The van der Waals surface area contributed by atoms with Crippen molar-refractivity contribution in [3.05, 3.63) is 168 Å². The monoisotopic (exact) mass is 741 g/mol. The van der Waals surface area contributed by atoms with Crippen molar-refractivity contribution in [3.8, 4) is 39.7 Å². The molecule has 0 N–H and O–H groups in total. The molecule has 5 nitrogen and oxygen atoms in total. The van der Waals surface area contributed by atoms with Gasteiger partial charge < -0.3 is 26.9 Å². The maximum atomic E-state index is 12.4. The van der Waals surface area contributed by atoms with Crippen molar-refractivity contribution in [2.75, 3.05) is 24.6 Å². The van der Waals surface area contributed by atoms with E-state index in [-0.39, 0.29) is 12.0 Å². The Labute approximate surface area is 319 Å². The summed E-state index contributed by atoms with van der Waals surface area (Å²) < 4.78 is 47.0. The fourth-order valence-electron chi connectivity index (χ4n) is 7.17. The topological polar surface area (TPSA) is 57.2 Å². The van der Waals surface area contributed by atoms with Gasteiger partial charge in [-0.1, -0.05) is 91.0 Å². The Morgan fingerprint density at radius 3 is 1.80 bits per heavy atom. The Hall–Kier alpha value is -6.21. The molecule has 2 heterocycles. The number of benzene rings is 5. The SMILES string of the molecule is C[C@@H](Cc1cc(C#N)c2c(c1)CCN2CCCOC(=O)c1ccccc1)[n+]1c(-c2ccccc2)cc(-c2ccccc2)cc1-c1ccccc1.F[B-](F)(F)F. The molecule has 0 amide bonds. The van der Waals surface area contributed by atoms with Gasteiger partial charge in [0.05, 0.1) is 23.4 Å². The van der Waals surface area contributed by atoms with E-state index < -0.39 is 7.25 Å². The quantitative estimate of drug-likeness (QED) is 0.0436. The van der Waals surface area contributed by atoms with Gasteiger partial charge in [0.2, 0.25) is 11.4 Å². The first kappa shape index (κ1) is 38.5. The number of esters is 1. The van der Waals surface area contributed by atoms with Crippen molar-refractivity contribution < 1.29 is 31.4 Å². The van der Waals surface area contributed by atoms with E-state index in [9.17, 15) is 27.3 Å². The Morgan fingerprint density at radius 2 is 1.27 bits per heavy atom. The van der Waals surface area contributed by atoms with Gasteiger partial charge in [0, 0.05) is 42.8 Å². The lowest BCUT2D eigenvalue weighted by Gasteiger charge is -2.21. The van der Waals surface area contributed by atoms with Crippen molar-refractivity contribution in [3.63, 3.8) is 0 Å².